The second-order valence-electron chi connectivity index (χ2n) is 10.3. The van der Waals surface area contributed by atoms with Gasteiger partial charge in [0.05, 0.1) is 17.8 Å². The smallest absolute Gasteiger partial charge is 0.250 e. The Morgan fingerprint density at radius 2 is 1.43 bits per heavy atom. The lowest BCUT2D eigenvalue weighted by Crippen LogP contribution is -2.45. The molecule has 0 fully saturated rings. The van der Waals surface area contributed by atoms with Gasteiger partial charge in [0.15, 0.2) is 11.5 Å². The van der Waals surface area contributed by atoms with E-state index in [9.17, 15) is 5.11 Å². The van der Waals surface area contributed by atoms with E-state index in [2.05, 4.69) is 67.7 Å². The van der Waals surface area contributed by atoms with Crippen molar-refractivity contribution in [3.8, 4) is 17.2 Å². The van der Waals surface area contributed by atoms with Crippen LogP contribution in [0.2, 0.25) is 36.3 Å². The molecule has 1 N–H and O–H groups in total. The van der Waals surface area contributed by atoms with Crippen molar-refractivity contribution < 1.29 is 22.8 Å². The minimum absolute atomic E-state index is 0.0662. The molecule has 1 aromatic rings. The Morgan fingerprint density at radius 3 is 1.89 bits per heavy atom. The summed E-state index contributed by atoms with van der Waals surface area (Å²) in [5, 5.41) is 9.02. The molecular weight excluding hydrogens is 384 g/mol. The molecular formula is C22H40O4Si2. The molecule has 160 valence electrons. The Labute approximate surface area is 178 Å². The molecule has 0 saturated heterocycles. The molecule has 4 nitrogen and oxygen atoms in total. The molecule has 0 bridgehead atoms. The highest BCUT2D eigenvalue weighted by Gasteiger charge is 2.43. The first-order valence-electron chi connectivity index (χ1n) is 11.2. The maximum absolute atomic E-state index is 9.19. The summed E-state index contributed by atoms with van der Waals surface area (Å²) in [7, 11) is -7.24. The molecule has 6 heteroatoms. The fraction of sp³-hybridized carbons (Fsp3) is 0.636. The Kier molecular flexibility index (Phi) is 6.18. The number of hydrogen-bond donors (Lipinski definition) is 1. The zero-order valence-corrected chi connectivity index (χ0v) is 21.2. The molecule has 1 aromatic carbocycles. The molecule has 0 atom stereocenters. The van der Waals surface area contributed by atoms with Crippen LogP contribution in [0, 0.1) is 0 Å². The van der Waals surface area contributed by atoms with Gasteiger partial charge < -0.3 is 18.7 Å². The average molecular weight is 428 g/mol. The average Bonchev–Trinajstić information content (AvgIpc) is 2.52. The van der Waals surface area contributed by atoms with Crippen LogP contribution in [-0.2, 0) is 0 Å². The summed E-state index contributed by atoms with van der Waals surface area (Å²) in [6.45, 7) is 21.1. The lowest BCUT2D eigenvalue weighted by atomic mass is 10.1. The lowest BCUT2D eigenvalue weighted by Gasteiger charge is -2.40. The first kappa shape index (κ1) is 20.0. The van der Waals surface area contributed by atoms with Crippen molar-refractivity contribution in [3.63, 3.8) is 0 Å². The number of hydrogen-bond acceptors (Lipinski definition) is 4. The maximum Gasteiger partial charge on any atom is 0.250 e. The van der Waals surface area contributed by atoms with Gasteiger partial charge in [-0.1, -0.05) is 53.7 Å². The van der Waals surface area contributed by atoms with Crippen LogP contribution >= 0.6 is 0 Å². The van der Waals surface area contributed by atoms with Crippen molar-refractivity contribution in [3.05, 3.63) is 23.8 Å². The fourth-order valence-corrected chi connectivity index (χ4v) is 4.00. The van der Waals surface area contributed by atoms with Gasteiger partial charge in [-0.25, -0.2) is 0 Å². The van der Waals surface area contributed by atoms with Crippen LogP contribution in [0.15, 0.2) is 18.2 Å². The molecule has 0 heterocycles. The second-order valence-corrected chi connectivity index (χ2v) is 19.7. The first-order chi connectivity index (χ1) is 13.7. The van der Waals surface area contributed by atoms with Gasteiger partial charge in [0.2, 0.25) is 0 Å². The largest absolute Gasteiger partial charge is 0.541 e. The van der Waals surface area contributed by atoms with Gasteiger partial charge in [0.1, 0.15) is 5.75 Å². The fourth-order valence-electron chi connectivity index (χ4n) is 1.97. The summed E-state index contributed by atoms with van der Waals surface area (Å²) in [6, 6.07) is 3.46. The van der Waals surface area contributed by atoms with Crippen molar-refractivity contribution in [2.45, 2.75) is 77.8 Å². The summed E-state index contributed by atoms with van der Waals surface area (Å²) in [5.74, 6) is 0.947. The quantitative estimate of drug-likeness (QED) is 0.507. The Balaban J connectivity index is 3.78. The number of rotatable bonds is 7. The molecule has 0 radical (unpaired) electrons. The highest BCUT2D eigenvalue weighted by atomic mass is 28.4. The van der Waals surface area contributed by atoms with Gasteiger partial charge in [-0.2, -0.15) is 0 Å². The molecule has 28 heavy (non-hydrogen) atoms. The molecule has 0 spiro atoms. The monoisotopic (exact) mass is 427 g/mol. The lowest BCUT2D eigenvalue weighted by molar-refractivity contribution is 0.343. The third-order valence-corrected chi connectivity index (χ3v) is 14.6. The van der Waals surface area contributed by atoms with Crippen molar-refractivity contribution in [2.24, 2.45) is 0 Å². The molecule has 0 aliphatic heterocycles. The van der Waals surface area contributed by atoms with Crippen molar-refractivity contribution in [1.29, 1.82) is 0 Å². The molecule has 0 saturated carbocycles. The van der Waals surface area contributed by atoms with E-state index < -0.39 is 23.7 Å². The Hall–Kier alpha value is -1.25. The molecule has 0 aromatic heterocycles. The number of aliphatic hydroxyl groups is 1. The molecule has 0 aliphatic carbocycles. The predicted molar refractivity (Wildman–Crippen MR) is 125 cm³/mol. The number of methoxy groups -OCH3 is 1. The van der Waals surface area contributed by atoms with E-state index in [1.54, 1.807) is 18.2 Å². The van der Waals surface area contributed by atoms with E-state index in [0.29, 0.717) is 17.1 Å². The SMILES string of the molecule is [2H]C([2H])([2H])Oc1cc(/C=C/CO)cc(O[Si](C)(C)C(C)(C)C)c1O[Si](C)(C)C(C)(C)C. The number of ether oxygens (including phenoxy) is 1. The van der Waals surface area contributed by atoms with E-state index in [1.165, 1.54) is 0 Å². The van der Waals surface area contributed by atoms with E-state index >= 15 is 0 Å². The first-order valence-corrected chi connectivity index (χ1v) is 15.5. The van der Waals surface area contributed by atoms with Crippen LogP contribution < -0.4 is 13.6 Å². The van der Waals surface area contributed by atoms with Gasteiger partial charge >= 0.3 is 0 Å². The van der Waals surface area contributed by atoms with Crippen LogP contribution in [0.25, 0.3) is 6.08 Å². The third kappa shape index (κ3) is 5.88. The second kappa shape index (κ2) is 8.63. The van der Waals surface area contributed by atoms with E-state index in [4.69, 9.17) is 17.7 Å². The maximum atomic E-state index is 9.19. The number of aliphatic hydroxyl groups excluding tert-OH is 1. The minimum atomic E-state index is -2.64. The van der Waals surface area contributed by atoms with Crippen LogP contribution in [0.5, 0.6) is 17.2 Å². The van der Waals surface area contributed by atoms with E-state index in [1.807, 2.05) is 6.07 Å². The minimum Gasteiger partial charge on any atom is -0.541 e. The highest BCUT2D eigenvalue weighted by Crippen LogP contribution is 2.47. The summed E-state index contributed by atoms with van der Waals surface area (Å²) < 4.78 is 41.5. The topological polar surface area (TPSA) is 47.9 Å². The summed E-state index contributed by atoms with van der Waals surface area (Å²) >= 11 is 0. The van der Waals surface area contributed by atoms with Crippen LogP contribution in [0.3, 0.4) is 0 Å². The van der Waals surface area contributed by atoms with Gasteiger partial charge in [-0.15, -0.1) is 0 Å². The van der Waals surface area contributed by atoms with E-state index in [-0.39, 0.29) is 22.4 Å². The molecule has 0 amide bonds. The van der Waals surface area contributed by atoms with Gasteiger partial charge in [-0.05, 0) is 54.0 Å². The zero-order chi connectivity index (χ0) is 24.5. The Morgan fingerprint density at radius 1 is 0.929 bits per heavy atom. The Bertz CT molecular complexity index is 790. The van der Waals surface area contributed by atoms with Crippen molar-refractivity contribution in [2.75, 3.05) is 13.6 Å². The zero-order valence-electron chi connectivity index (χ0n) is 22.2. The summed E-state index contributed by atoms with van der Waals surface area (Å²) in [4.78, 5) is 0. The molecule has 0 unspecified atom stereocenters. The molecule has 1 rings (SSSR count). The highest BCUT2D eigenvalue weighted by molar-refractivity contribution is 6.75. The van der Waals surface area contributed by atoms with Gasteiger partial charge in [0, 0.05) is 0 Å². The van der Waals surface area contributed by atoms with Crippen molar-refractivity contribution >= 4 is 22.7 Å². The third-order valence-electron chi connectivity index (χ3n) is 5.90. The normalized spacial score (nSPS) is 15.8. The van der Waals surface area contributed by atoms with Gasteiger partial charge in [0.25, 0.3) is 16.6 Å². The van der Waals surface area contributed by atoms with Crippen LogP contribution in [0.1, 0.15) is 51.2 Å². The molecule has 0 aliphatic rings. The van der Waals surface area contributed by atoms with Crippen LogP contribution in [0.4, 0.5) is 0 Å². The van der Waals surface area contributed by atoms with Crippen LogP contribution in [-0.4, -0.2) is 35.4 Å². The summed E-state index contributed by atoms with van der Waals surface area (Å²) in [6.07, 6.45) is 3.29. The predicted octanol–water partition coefficient (Wildman–Crippen LogP) is 6.47. The van der Waals surface area contributed by atoms with E-state index in [0.717, 1.165) is 0 Å². The standard InChI is InChI=1S/C22H40O4Si2/c1-21(2,3)27(8,9)25-19-16-17(13-12-14-23)15-18(24-7)20(19)26-28(10,11)22(4,5)6/h12-13,15-16,23H,14H2,1-11H3/b13-12+/i7D3. The summed E-state index contributed by atoms with van der Waals surface area (Å²) in [5.41, 5.74) is 0.671. The number of benzene rings is 1. The van der Waals surface area contributed by atoms with Crippen molar-refractivity contribution in [1.82, 2.24) is 0 Å². The van der Waals surface area contributed by atoms with Gasteiger partial charge in [-0.3, -0.25) is 0 Å².